The lowest BCUT2D eigenvalue weighted by Crippen LogP contribution is -2.27. The molecule has 96 valence electrons. The van der Waals surface area contributed by atoms with Crippen molar-refractivity contribution in [2.24, 2.45) is 0 Å². The van der Waals surface area contributed by atoms with Crippen LogP contribution >= 0.6 is 0 Å². The van der Waals surface area contributed by atoms with Gasteiger partial charge in [-0.15, -0.1) is 0 Å². The van der Waals surface area contributed by atoms with Crippen molar-refractivity contribution in [1.82, 2.24) is 9.55 Å². The molecular weight excluding hydrogens is 246 g/mol. The van der Waals surface area contributed by atoms with Crippen LogP contribution in [-0.2, 0) is 6.54 Å². The Bertz CT molecular complexity index is 595. The molecule has 0 spiro atoms. The number of para-hydroxylation sites is 1. The average molecular weight is 256 g/mol. The van der Waals surface area contributed by atoms with E-state index in [1.807, 2.05) is 0 Å². The topological polar surface area (TPSA) is 75.3 Å². The molecule has 0 aliphatic carbocycles. The number of aliphatic hydroxyl groups excluding tert-OH is 1. The summed E-state index contributed by atoms with van der Waals surface area (Å²) in [6.45, 7) is -2.02. The summed E-state index contributed by atoms with van der Waals surface area (Å²) in [5.41, 5.74) is 0.403. The van der Waals surface area contributed by atoms with Crippen molar-refractivity contribution in [2.75, 3.05) is 6.61 Å². The number of alkyl halides is 2. The highest BCUT2D eigenvalue weighted by Crippen LogP contribution is 2.22. The molecule has 2 rings (SSSR count). The normalized spacial score (nSPS) is 11.9. The second kappa shape index (κ2) is 4.34. The second-order valence-electron chi connectivity index (χ2n) is 3.86. The van der Waals surface area contributed by atoms with Crippen LogP contribution in [0, 0.1) is 0 Å². The van der Waals surface area contributed by atoms with Gasteiger partial charge in [-0.25, -0.2) is 18.6 Å². The molecule has 5 nitrogen and oxygen atoms in total. The number of carbonyl (C=O) groups is 1. The number of hydrogen-bond donors (Lipinski definition) is 2. The van der Waals surface area contributed by atoms with Gasteiger partial charge in [0, 0.05) is 0 Å². The fraction of sp³-hybridized carbons (Fsp3) is 0.273. The lowest BCUT2D eigenvalue weighted by molar-refractivity contribution is -0.0621. The maximum absolute atomic E-state index is 13.1. The molecule has 0 amide bonds. The summed E-state index contributed by atoms with van der Waals surface area (Å²) in [5, 5.41) is 17.5. The summed E-state index contributed by atoms with van der Waals surface area (Å²) >= 11 is 0. The highest BCUT2D eigenvalue weighted by Gasteiger charge is 2.29. The SMILES string of the molecule is O=C(O)c1cccc2c1ncn2CC(F)(F)CO. The number of aromatic nitrogens is 2. The van der Waals surface area contributed by atoms with Crippen LogP contribution in [0.5, 0.6) is 0 Å². The Hall–Kier alpha value is -2.02. The van der Waals surface area contributed by atoms with Gasteiger partial charge >= 0.3 is 5.97 Å². The van der Waals surface area contributed by atoms with Crippen LogP contribution in [0.2, 0.25) is 0 Å². The van der Waals surface area contributed by atoms with Gasteiger partial charge in [0.15, 0.2) is 0 Å². The summed E-state index contributed by atoms with van der Waals surface area (Å²) in [5.74, 6) is -4.44. The highest BCUT2D eigenvalue weighted by molar-refractivity contribution is 6.00. The van der Waals surface area contributed by atoms with Crippen LogP contribution in [-0.4, -0.2) is 38.3 Å². The van der Waals surface area contributed by atoms with Crippen molar-refractivity contribution < 1.29 is 23.8 Å². The molecule has 0 saturated carbocycles. The largest absolute Gasteiger partial charge is 0.478 e. The van der Waals surface area contributed by atoms with Crippen LogP contribution in [0.3, 0.4) is 0 Å². The summed E-state index contributed by atoms with van der Waals surface area (Å²) < 4.78 is 27.3. The Morgan fingerprint density at radius 2 is 2.17 bits per heavy atom. The van der Waals surface area contributed by atoms with Gasteiger partial charge in [0.2, 0.25) is 0 Å². The first-order valence-corrected chi connectivity index (χ1v) is 5.10. The third-order valence-corrected chi connectivity index (χ3v) is 2.51. The molecule has 0 fully saturated rings. The number of rotatable bonds is 4. The van der Waals surface area contributed by atoms with E-state index in [0.717, 1.165) is 10.9 Å². The van der Waals surface area contributed by atoms with E-state index in [1.165, 1.54) is 18.2 Å². The molecule has 0 saturated heterocycles. The minimum absolute atomic E-state index is 0.0430. The number of carboxylic acids is 1. The van der Waals surface area contributed by atoms with Crippen LogP contribution < -0.4 is 0 Å². The molecule has 7 heteroatoms. The fourth-order valence-electron chi connectivity index (χ4n) is 1.69. The van der Waals surface area contributed by atoms with Crippen LogP contribution in [0.4, 0.5) is 8.78 Å². The molecular formula is C11H10F2N2O3. The molecule has 0 aliphatic heterocycles. The van der Waals surface area contributed by atoms with Gasteiger partial charge in [-0.05, 0) is 12.1 Å². The smallest absolute Gasteiger partial charge is 0.337 e. The lowest BCUT2D eigenvalue weighted by Gasteiger charge is -2.14. The molecule has 0 radical (unpaired) electrons. The van der Waals surface area contributed by atoms with Gasteiger partial charge in [0.05, 0.1) is 24.0 Å². The third-order valence-electron chi connectivity index (χ3n) is 2.51. The number of hydrogen-bond acceptors (Lipinski definition) is 3. The standard InChI is InChI=1S/C11H10F2N2O3/c12-11(13,5-16)4-15-6-14-9-7(10(17)18)2-1-3-8(9)15/h1-3,6,16H,4-5H2,(H,17,18). The molecule has 0 aliphatic rings. The molecule has 18 heavy (non-hydrogen) atoms. The van der Waals surface area contributed by atoms with Gasteiger partial charge in [-0.1, -0.05) is 6.07 Å². The molecule has 2 aromatic rings. The Morgan fingerprint density at radius 3 is 2.78 bits per heavy atom. The second-order valence-corrected chi connectivity index (χ2v) is 3.86. The number of carboxylic acid groups (broad SMARTS) is 1. The van der Waals surface area contributed by atoms with Crippen molar-refractivity contribution >= 4 is 17.0 Å². The van der Waals surface area contributed by atoms with Gasteiger partial charge in [-0.2, -0.15) is 0 Å². The first-order valence-electron chi connectivity index (χ1n) is 5.10. The third kappa shape index (κ3) is 2.17. The van der Waals surface area contributed by atoms with Crippen LogP contribution in [0.25, 0.3) is 11.0 Å². The van der Waals surface area contributed by atoms with E-state index in [9.17, 15) is 13.6 Å². The van der Waals surface area contributed by atoms with Gasteiger partial charge in [0.1, 0.15) is 12.1 Å². The lowest BCUT2D eigenvalue weighted by atomic mass is 10.2. The minimum Gasteiger partial charge on any atom is -0.478 e. The summed E-state index contributed by atoms with van der Waals surface area (Å²) in [7, 11) is 0. The van der Waals surface area contributed by atoms with Crippen molar-refractivity contribution in [2.45, 2.75) is 12.5 Å². The Morgan fingerprint density at radius 1 is 1.44 bits per heavy atom. The van der Waals surface area contributed by atoms with Crippen LogP contribution in [0.15, 0.2) is 24.5 Å². The monoisotopic (exact) mass is 256 g/mol. The fourth-order valence-corrected chi connectivity index (χ4v) is 1.69. The predicted octanol–water partition coefficient (Wildman–Crippen LogP) is 1.36. The summed E-state index contributed by atoms with van der Waals surface area (Å²) in [6.07, 6.45) is 1.14. The quantitative estimate of drug-likeness (QED) is 0.866. The molecule has 1 aromatic heterocycles. The Labute approximate surface area is 100 Å². The zero-order chi connectivity index (χ0) is 13.3. The van der Waals surface area contributed by atoms with Crippen LogP contribution in [0.1, 0.15) is 10.4 Å². The van der Waals surface area contributed by atoms with E-state index in [2.05, 4.69) is 4.98 Å². The highest BCUT2D eigenvalue weighted by atomic mass is 19.3. The Kier molecular flexibility index (Phi) is 3.00. The van der Waals surface area contributed by atoms with Gasteiger partial charge in [0.25, 0.3) is 5.92 Å². The molecule has 0 atom stereocenters. The number of nitrogens with zero attached hydrogens (tertiary/aromatic N) is 2. The first-order chi connectivity index (χ1) is 8.44. The number of aromatic carboxylic acids is 1. The number of benzene rings is 1. The van der Waals surface area contributed by atoms with Crippen molar-refractivity contribution in [3.05, 3.63) is 30.1 Å². The first kappa shape index (κ1) is 12.4. The minimum atomic E-state index is -3.27. The zero-order valence-electron chi connectivity index (χ0n) is 9.18. The van der Waals surface area contributed by atoms with E-state index in [0.29, 0.717) is 5.52 Å². The maximum atomic E-state index is 13.1. The van der Waals surface area contributed by atoms with Gasteiger partial charge in [-0.3, -0.25) is 0 Å². The van der Waals surface area contributed by atoms with E-state index in [1.54, 1.807) is 0 Å². The number of halogens is 2. The summed E-state index contributed by atoms with van der Waals surface area (Å²) in [4.78, 5) is 14.8. The predicted molar refractivity (Wildman–Crippen MR) is 58.7 cm³/mol. The van der Waals surface area contributed by atoms with E-state index >= 15 is 0 Å². The molecule has 1 heterocycles. The molecule has 1 aromatic carbocycles. The maximum Gasteiger partial charge on any atom is 0.337 e. The van der Waals surface area contributed by atoms with Crippen molar-refractivity contribution in [3.8, 4) is 0 Å². The average Bonchev–Trinajstić information content (AvgIpc) is 2.72. The van der Waals surface area contributed by atoms with Crippen molar-refractivity contribution in [1.29, 1.82) is 0 Å². The van der Waals surface area contributed by atoms with E-state index < -0.39 is 25.0 Å². The zero-order valence-corrected chi connectivity index (χ0v) is 9.18. The molecule has 2 N–H and O–H groups in total. The Balaban J connectivity index is 2.49. The van der Waals surface area contributed by atoms with E-state index in [-0.39, 0.29) is 11.1 Å². The molecule has 0 unspecified atom stereocenters. The molecule has 0 bridgehead atoms. The van der Waals surface area contributed by atoms with Gasteiger partial charge < -0.3 is 14.8 Å². The van der Waals surface area contributed by atoms with Crippen molar-refractivity contribution in [3.63, 3.8) is 0 Å². The van der Waals surface area contributed by atoms with E-state index in [4.69, 9.17) is 10.2 Å². The number of aliphatic hydroxyl groups is 1. The summed E-state index contributed by atoms with van der Waals surface area (Å²) in [6, 6.07) is 4.31. The number of fused-ring (bicyclic) bond motifs is 1. The number of imidazole rings is 1.